The molecule has 2 heterocycles. The third-order valence-electron chi connectivity index (χ3n) is 5.17. The second-order valence-corrected chi connectivity index (χ2v) is 10.7. The van der Waals surface area contributed by atoms with E-state index in [4.69, 9.17) is 0 Å². The minimum absolute atomic E-state index is 0.0208. The summed E-state index contributed by atoms with van der Waals surface area (Å²) in [6.07, 6.45) is 0.140. The topological polar surface area (TPSA) is 109 Å². The number of aryl methyl sites for hydroxylation is 1. The first-order valence-electron chi connectivity index (χ1n) is 10.1. The molecule has 0 bridgehead atoms. The van der Waals surface area contributed by atoms with E-state index in [0.717, 1.165) is 11.3 Å². The molecule has 2 amide bonds. The fraction of sp³-hybridized carbons (Fsp3) is 0.273. The zero-order valence-corrected chi connectivity index (χ0v) is 19.0. The summed E-state index contributed by atoms with van der Waals surface area (Å²) in [5, 5.41) is 11.7. The predicted molar refractivity (Wildman–Crippen MR) is 123 cm³/mol. The van der Waals surface area contributed by atoms with E-state index in [0.29, 0.717) is 23.1 Å². The van der Waals surface area contributed by atoms with Crippen molar-refractivity contribution in [3.63, 3.8) is 0 Å². The number of carbonyl (C=O) groups is 2. The van der Waals surface area contributed by atoms with Crippen LogP contribution in [0.15, 0.2) is 59.5 Å². The quantitative estimate of drug-likeness (QED) is 0.568. The van der Waals surface area contributed by atoms with Crippen LogP contribution in [0.25, 0.3) is 0 Å². The molecule has 3 aromatic rings. The monoisotopic (exact) mass is 470 g/mol. The standard InChI is InChI=1S/C22H22N4O4S2/c1-15-6-5-7-17(12-15)26-14-16(13-20(26)28)21-24-25-22(31-21)23-19(27)10-11-32(29,30)18-8-3-2-4-9-18/h2-9,12,16H,10-11,13-14H2,1H3,(H,23,25,27). The van der Waals surface area contributed by atoms with Gasteiger partial charge in [0.25, 0.3) is 0 Å². The van der Waals surface area contributed by atoms with E-state index < -0.39 is 15.7 Å². The van der Waals surface area contributed by atoms with Crippen LogP contribution in [-0.2, 0) is 19.4 Å². The average molecular weight is 471 g/mol. The van der Waals surface area contributed by atoms with Crippen molar-refractivity contribution < 1.29 is 18.0 Å². The number of amides is 2. The molecule has 1 N–H and O–H groups in total. The molecule has 10 heteroatoms. The second kappa shape index (κ2) is 9.17. The molecule has 1 aromatic heterocycles. The molecule has 1 atom stereocenters. The van der Waals surface area contributed by atoms with Crippen molar-refractivity contribution in [2.75, 3.05) is 22.5 Å². The molecular formula is C22H22N4O4S2. The van der Waals surface area contributed by atoms with Crippen molar-refractivity contribution in [1.82, 2.24) is 10.2 Å². The largest absolute Gasteiger partial charge is 0.312 e. The third-order valence-corrected chi connectivity index (χ3v) is 7.91. The van der Waals surface area contributed by atoms with Crippen LogP contribution in [0.1, 0.15) is 29.3 Å². The van der Waals surface area contributed by atoms with Gasteiger partial charge in [0.2, 0.25) is 16.9 Å². The van der Waals surface area contributed by atoms with Gasteiger partial charge in [-0.15, -0.1) is 10.2 Å². The van der Waals surface area contributed by atoms with Gasteiger partial charge in [-0.25, -0.2) is 8.42 Å². The Kier molecular flexibility index (Phi) is 6.33. The second-order valence-electron chi connectivity index (χ2n) is 7.62. The Balaban J connectivity index is 1.35. The lowest BCUT2D eigenvalue weighted by molar-refractivity contribution is -0.117. The molecule has 32 heavy (non-hydrogen) atoms. The fourth-order valence-electron chi connectivity index (χ4n) is 3.52. The van der Waals surface area contributed by atoms with Gasteiger partial charge in [0.05, 0.1) is 10.6 Å². The van der Waals surface area contributed by atoms with Gasteiger partial charge in [0, 0.05) is 31.0 Å². The number of hydrogen-bond donors (Lipinski definition) is 1. The van der Waals surface area contributed by atoms with E-state index in [-0.39, 0.29) is 28.9 Å². The molecule has 4 rings (SSSR count). The molecule has 0 saturated carbocycles. The van der Waals surface area contributed by atoms with Crippen molar-refractivity contribution in [1.29, 1.82) is 0 Å². The highest BCUT2D eigenvalue weighted by atomic mass is 32.2. The maximum Gasteiger partial charge on any atom is 0.227 e. The fourth-order valence-corrected chi connectivity index (χ4v) is 5.64. The average Bonchev–Trinajstić information content (AvgIpc) is 3.39. The lowest BCUT2D eigenvalue weighted by Gasteiger charge is -2.16. The van der Waals surface area contributed by atoms with E-state index in [1.54, 1.807) is 23.1 Å². The van der Waals surface area contributed by atoms with Gasteiger partial charge >= 0.3 is 0 Å². The van der Waals surface area contributed by atoms with Gasteiger partial charge < -0.3 is 10.2 Å². The first-order valence-corrected chi connectivity index (χ1v) is 12.6. The Morgan fingerprint density at radius 2 is 1.94 bits per heavy atom. The van der Waals surface area contributed by atoms with Gasteiger partial charge in [-0.2, -0.15) is 0 Å². The number of nitrogens with zero attached hydrogens (tertiary/aromatic N) is 3. The van der Waals surface area contributed by atoms with Crippen LogP contribution in [0.4, 0.5) is 10.8 Å². The maximum atomic E-state index is 12.5. The molecule has 1 saturated heterocycles. The summed E-state index contributed by atoms with van der Waals surface area (Å²) in [5.41, 5.74) is 1.93. The van der Waals surface area contributed by atoms with Crippen LogP contribution < -0.4 is 10.2 Å². The highest BCUT2D eigenvalue weighted by Gasteiger charge is 2.34. The van der Waals surface area contributed by atoms with Crippen LogP contribution in [-0.4, -0.2) is 42.7 Å². The third kappa shape index (κ3) is 5.03. The van der Waals surface area contributed by atoms with E-state index >= 15 is 0 Å². The summed E-state index contributed by atoms with van der Waals surface area (Å²) in [6.45, 7) is 2.48. The predicted octanol–water partition coefficient (Wildman–Crippen LogP) is 3.17. The highest BCUT2D eigenvalue weighted by Crippen LogP contribution is 2.34. The normalized spacial score (nSPS) is 16.3. The van der Waals surface area contributed by atoms with Crippen LogP contribution in [0, 0.1) is 6.92 Å². The number of carbonyl (C=O) groups excluding carboxylic acids is 2. The number of aromatic nitrogens is 2. The Bertz CT molecular complexity index is 1240. The first kappa shape index (κ1) is 22.1. The van der Waals surface area contributed by atoms with Crippen molar-refractivity contribution >= 4 is 43.8 Å². The number of sulfone groups is 1. The summed E-state index contributed by atoms with van der Waals surface area (Å²) in [7, 11) is -3.53. The van der Waals surface area contributed by atoms with Crippen LogP contribution in [0.3, 0.4) is 0 Å². The molecule has 166 valence electrons. The zero-order valence-electron chi connectivity index (χ0n) is 17.4. The number of nitrogens with one attached hydrogen (secondary N) is 1. The van der Waals surface area contributed by atoms with Gasteiger partial charge in [-0.3, -0.25) is 9.59 Å². The Labute approximate surface area is 190 Å². The van der Waals surface area contributed by atoms with E-state index in [1.807, 2.05) is 31.2 Å². The molecule has 0 aliphatic carbocycles. The minimum atomic E-state index is -3.53. The molecule has 1 unspecified atom stereocenters. The Morgan fingerprint density at radius 1 is 1.16 bits per heavy atom. The van der Waals surface area contributed by atoms with Gasteiger partial charge in [-0.1, -0.05) is 41.7 Å². The van der Waals surface area contributed by atoms with Crippen molar-refractivity contribution in [3.8, 4) is 0 Å². The van der Waals surface area contributed by atoms with Gasteiger partial charge in [0.1, 0.15) is 5.01 Å². The number of anilines is 2. The minimum Gasteiger partial charge on any atom is -0.312 e. The van der Waals surface area contributed by atoms with E-state index in [9.17, 15) is 18.0 Å². The van der Waals surface area contributed by atoms with Gasteiger partial charge in [-0.05, 0) is 36.8 Å². The Morgan fingerprint density at radius 3 is 2.69 bits per heavy atom. The van der Waals surface area contributed by atoms with Crippen LogP contribution >= 0.6 is 11.3 Å². The molecule has 1 fully saturated rings. The molecule has 0 spiro atoms. The number of hydrogen-bond acceptors (Lipinski definition) is 7. The molecule has 1 aliphatic rings. The Hall–Kier alpha value is -3.11. The highest BCUT2D eigenvalue weighted by molar-refractivity contribution is 7.91. The molecule has 0 radical (unpaired) electrons. The lowest BCUT2D eigenvalue weighted by Crippen LogP contribution is -2.24. The van der Waals surface area contributed by atoms with Crippen LogP contribution in [0.2, 0.25) is 0 Å². The van der Waals surface area contributed by atoms with Crippen LogP contribution in [0.5, 0.6) is 0 Å². The maximum absolute atomic E-state index is 12.5. The van der Waals surface area contributed by atoms with Crippen molar-refractivity contribution in [2.45, 2.75) is 30.6 Å². The summed E-state index contributed by atoms with van der Waals surface area (Å²) in [5.74, 6) is -0.829. The first-order chi connectivity index (χ1) is 15.3. The van der Waals surface area contributed by atoms with Crippen molar-refractivity contribution in [3.05, 3.63) is 65.2 Å². The molecule has 8 nitrogen and oxygen atoms in total. The summed E-state index contributed by atoms with van der Waals surface area (Å²) in [6, 6.07) is 15.8. The smallest absolute Gasteiger partial charge is 0.227 e. The van der Waals surface area contributed by atoms with Crippen molar-refractivity contribution in [2.24, 2.45) is 0 Å². The van der Waals surface area contributed by atoms with E-state index in [2.05, 4.69) is 15.5 Å². The summed E-state index contributed by atoms with van der Waals surface area (Å²) < 4.78 is 24.6. The zero-order chi connectivity index (χ0) is 22.7. The summed E-state index contributed by atoms with van der Waals surface area (Å²) >= 11 is 1.21. The lowest BCUT2D eigenvalue weighted by atomic mass is 10.1. The SMILES string of the molecule is Cc1cccc(N2CC(c3nnc(NC(=O)CCS(=O)(=O)c4ccccc4)s3)CC2=O)c1. The van der Waals surface area contributed by atoms with Gasteiger partial charge in [0.15, 0.2) is 9.84 Å². The molecule has 2 aromatic carbocycles. The summed E-state index contributed by atoms with van der Waals surface area (Å²) in [4.78, 5) is 26.7. The van der Waals surface area contributed by atoms with E-state index in [1.165, 1.54) is 23.5 Å². The molecule has 1 aliphatic heterocycles. The number of rotatable bonds is 7. The molecular weight excluding hydrogens is 448 g/mol. The number of benzene rings is 2.